The maximum absolute atomic E-state index is 11.7. The molecule has 0 aliphatic heterocycles. The summed E-state index contributed by atoms with van der Waals surface area (Å²) < 4.78 is 0. The molecule has 1 atom stereocenters. The van der Waals surface area contributed by atoms with Crippen LogP contribution in [0.15, 0.2) is 35.7 Å². The van der Waals surface area contributed by atoms with Crippen LogP contribution in [0, 0.1) is 0 Å². The first-order valence-corrected chi connectivity index (χ1v) is 9.85. The zero-order valence-electron chi connectivity index (χ0n) is 15.8. The van der Waals surface area contributed by atoms with Gasteiger partial charge in [-0.2, -0.15) is 0 Å². The summed E-state index contributed by atoms with van der Waals surface area (Å²) in [4.78, 5) is 23.9. The lowest BCUT2D eigenvalue weighted by Crippen LogP contribution is -2.29. The standard InChI is InChI=1S/C20H24N4O2S/c1-4-8-15(20(25)26)21-18-17-14(13-9-6-5-7-10-13)12-27-19(17)23-16(22-18)11-24(2)3/h5-7,9-10,12,15H,4,8,11H2,1-3H3,(H,25,26)(H,21,22,23). The van der Waals surface area contributed by atoms with Crippen molar-refractivity contribution in [3.8, 4) is 11.1 Å². The molecule has 0 amide bonds. The molecular weight excluding hydrogens is 360 g/mol. The van der Waals surface area contributed by atoms with Gasteiger partial charge in [0.05, 0.1) is 11.9 Å². The SMILES string of the molecule is CCCC(Nc1nc(CN(C)C)nc2scc(-c3ccccc3)c12)C(=O)O. The van der Waals surface area contributed by atoms with Crippen molar-refractivity contribution in [2.24, 2.45) is 0 Å². The van der Waals surface area contributed by atoms with Crippen LogP contribution in [0.1, 0.15) is 25.6 Å². The van der Waals surface area contributed by atoms with Crippen LogP contribution in [-0.2, 0) is 11.3 Å². The Kier molecular flexibility index (Phi) is 6.03. The van der Waals surface area contributed by atoms with Gasteiger partial charge in [-0.15, -0.1) is 11.3 Å². The first kappa shape index (κ1) is 19.3. The maximum Gasteiger partial charge on any atom is 0.326 e. The number of thiophene rings is 1. The third-order valence-corrected chi connectivity index (χ3v) is 5.08. The van der Waals surface area contributed by atoms with E-state index in [2.05, 4.69) is 15.7 Å². The van der Waals surface area contributed by atoms with E-state index in [-0.39, 0.29) is 0 Å². The van der Waals surface area contributed by atoms with Crippen LogP contribution in [0.2, 0.25) is 0 Å². The smallest absolute Gasteiger partial charge is 0.326 e. The highest BCUT2D eigenvalue weighted by molar-refractivity contribution is 7.17. The fourth-order valence-electron chi connectivity index (χ4n) is 2.99. The van der Waals surface area contributed by atoms with E-state index >= 15 is 0 Å². The monoisotopic (exact) mass is 384 g/mol. The Bertz CT molecular complexity index is 924. The summed E-state index contributed by atoms with van der Waals surface area (Å²) in [6, 6.07) is 9.36. The molecule has 0 bridgehead atoms. The molecule has 3 aromatic rings. The van der Waals surface area contributed by atoms with Gasteiger partial charge in [-0.3, -0.25) is 0 Å². The van der Waals surface area contributed by atoms with E-state index < -0.39 is 12.0 Å². The highest BCUT2D eigenvalue weighted by Gasteiger charge is 2.21. The molecule has 0 aliphatic carbocycles. The fourth-order valence-corrected chi connectivity index (χ4v) is 3.95. The van der Waals surface area contributed by atoms with Crippen LogP contribution < -0.4 is 5.32 Å². The Morgan fingerprint density at radius 1 is 1.26 bits per heavy atom. The summed E-state index contributed by atoms with van der Waals surface area (Å²) in [5.74, 6) is 0.407. The van der Waals surface area contributed by atoms with Crippen molar-refractivity contribution in [2.45, 2.75) is 32.4 Å². The molecule has 1 aromatic carbocycles. The third kappa shape index (κ3) is 4.43. The summed E-state index contributed by atoms with van der Waals surface area (Å²) in [6.07, 6.45) is 1.31. The molecule has 0 spiro atoms. The van der Waals surface area contributed by atoms with Crippen LogP contribution in [0.3, 0.4) is 0 Å². The van der Waals surface area contributed by atoms with E-state index in [0.29, 0.717) is 24.6 Å². The lowest BCUT2D eigenvalue weighted by molar-refractivity contribution is -0.138. The first-order chi connectivity index (χ1) is 13.0. The second-order valence-electron chi connectivity index (χ2n) is 6.75. The van der Waals surface area contributed by atoms with Gasteiger partial charge in [0.25, 0.3) is 0 Å². The lowest BCUT2D eigenvalue weighted by Gasteiger charge is -2.17. The maximum atomic E-state index is 11.7. The lowest BCUT2D eigenvalue weighted by atomic mass is 10.1. The minimum absolute atomic E-state index is 0.536. The number of hydrogen-bond donors (Lipinski definition) is 2. The number of fused-ring (bicyclic) bond motifs is 1. The Balaban J connectivity index is 2.14. The van der Waals surface area contributed by atoms with Gasteiger partial charge in [0.15, 0.2) is 0 Å². The molecule has 0 saturated heterocycles. The number of carboxylic acids is 1. The summed E-state index contributed by atoms with van der Waals surface area (Å²) in [5, 5.41) is 15.7. The Labute approximate surface area is 162 Å². The molecule has 2 heterocycles. The van der Waals surface area contributed by atoms with Crippen molar-refractivity contribution in [2.75, 3.05) is 19.4 Å². The molecule has 0 aliphatic rings. The number of carboxylic acid groups (broad SMARTS) is 1. The number of aliphatic carboxylic acids is 1. The summed E-state index contributed by atoms with van der Waals surface area (Å²) >= 11 is 1.56. The molecule has 0 fully saturated rings. The zero-order valence-corrected chi connectivity index (χ0v) is 16.6. The molecule has 2 N–H and O–H groups in total. The molecule has 7 heteroatoms. The zero-order chi connectivity index (χ0) is 19.4. The Hall–Kier alpha value is -2.51. The molecule has 27 heavy (non-hydrogen) atoms. The summed E-state index contributed by atoms with van der Waals surface area (Å²) in [5.41, 5.74) is 2.09. The van der Waals surface area contributed by atoms with Crippen molar-refractivity contribution >= 4 is 33.3 Å². The molecule has 1 unspecified atom stereocenters. The van der Waals surface area contributed by atoms with Crippen LogP contribution >= 0.6 is 11.3 Å². The highest BCUT2D eigenvalue weighted by atomic mass is 32.1. The van der Waals surface area contributed by atoms with Gasteiger partial charge in [-0.1, -0.05) is 43.7 Å². The van der Waals surface area contributed by atoms with Crippen LogP contribution in [0.25, 0.3) is 21.3 Å². The number of carbonyl (C=O) groups is 1. The fraction of sp³-hybridized carbons (Fsp3) is 0.350. The topological polar surface area (TPSA) is 78.4 Å². The molecular formula is C20H24N4O2S. The predicted octanol–water partition coefficient (Wildman–Crippen LogP) is 4.09. The van der Waals surface area contributed by atoms with Gasteiger partial charge in [-0.25, -0.2) is 14.8 Å². The van der Waals surface area contributed by atoms with Crippen LogP contribution in [-0.4, -0.2) is 46.1 Å². The number of nitrogens with zero attached hydrogens (tertiary/aromatic N) is 3. The third-order valence-electron chi connectivity index (χ3n) is 4.21. The van der Waals surface area contributed by atoms with E-state index in [0.717, 1.165) is 27.8 Å². The molecule has 2 aromatic heterocycles. The Morgan fingerprint density at radius 3 is 2.63 bits per heavy atom. The predicted molar refractivity (Wildman–Crippen MR) is 110 cm³/mol. The first-order valence-electron chi connectivity index (χ1n) is 8.97. The van der Waals surface area contributed by atoms with E-state index in [9.17, 15) is 9.90 Å². The minimum Gasteiger partial charge on any atom is -0.480 e. The van der Waals surface area contributed by atoms with E-state index in [1.54, 1.807) is 11.3 Å². The van der Waals surface area contributed by atoms with Gasteiger partial charge in [-0.05, 0) is 26.1 Å². The second kappa shape index (κ2) is 8.45. The molecule has 0 saturated carbocycles. The number of hydrogen-bond acceptors (Lipinski definition) is 6. The Morgan fingerprint density at radius 2 is 2.00 bits per heavy atom. The van der Waals surface area contributed by atoms with E-state index in [1.807, 2.05) is 56.3 Å². The van der Waals surface area contributed by atoms with E-state index in [1.165, 1.54) is 0 Å². The van der Waals surface area contributed by atoms with Gasteiger partial charge in [0.1, 0.15) is 22.5 Å². The van der Waals surface area contributed by atoms with Gasteiger partial charge < -0.3 is 15.3 Å². The molecule has 6 nitrogen and oxygen atoms in total. The quantitative estimate of drug-likeness (QED) is 0.609. The molecule has 142 valence electrons. The van der Waals surface area contributed by atoms with E-state index in [4.69, 9.17) is 4.98 Å². The number of benzene rings is 1. The summed E-state index contributed by atoms with van der Waals surface area (Å²) in [7, 11) is 3.92. The molecule has 0 radical (unpaired) electrons. The average molecular weight is 385 g/mol. The van der Waals surface area contributed by atoms with Gasteiger partial charge >= 0.3 is 5.97 Å². The molecule has 3 rings (SSSR count). The second-order valence-corrected chi connectivity index (χ2v) is 7.60. The number of nitrogens with one attached hydrogen (secondary N) is 1. The van der Waals surface area contributed by atoms with Crippen molar-refractivity contribution < 1.29 is 9.90 Å². The number of anilines is 1. The largest absolute Gasteiger partial charge is 0.480 e. The van der Waals surface area contributed by atoms with Crippen molar-refractivity contribution in [3.05, 3.63) is 41.5 Å². The average Bonchev–Trinajstić information content (AvgIpc) is 3.05. The minimum atomic E-state index is -0.866. The van der Waals surface area contributed by atoms with Crippen molar-refractivity contribution in [3.63, 3.8) is 0 Å². The van der Waals surface area contributed by atoms with Gasteiger partial charge in [0.2, 0.25) is 0 Å². The van der Waals surface area contributed by atoms with Crippen LogP contribution in [0.5, 0.6) is 0 Å². The van der Waals surface area contributed by atoms with Crippen molar-refractivity contribution in [1.29, 1.82) is 0 Å². The van der Waals surface area contributed by atoms with Gasteiger partial charge in [0, 0.05) is 10.9 Å². The van der Waals surface area contributed by atoms with Crippen molar-refractivity contribution in [1.82, 2.24) is 14.9 Å². The number of aromatic nitrogens is 2. The normalized spacial score (nSPS) is 12.4. The summed E-state index contributed by atoms with van der Waals surface area (Å²) in [6.45, 7) is 2.57. The number of rotatable bonds is 8. The van der Waals surface area contributed by atoms with Crippen LogP contribution in [0.4, 0.5) is 5.82 Å². The highest BCUT2D eigenvalue weighted by Crippen LogP contribution is 2.37.